The standard InChI is InChI=1S/C22H15ClN4OS/c23-14-9-7-13(8-10-14)21-18-19(15-4-1-2-5-16(15)28-21)26-22-24-12-25-27(22)20(18)17-6-3-11-29-17/h1-12,20-21H,(H,24,25,26). The van der Waals surface area contributed by atoms with E-state index in [1.807, 2.05) is 47.1 Å². The summed E-state index contributed by atoms with van der Waals surface area (Å²) in [7, 11) is 0. The Morgan fingerprint density at radius 2 is 1.90 bits per heavy atom. The molecule has 0 saturated carbocycles. The number of aromatic nitrogens is 3. The van der Waals surface area contributed by atoms with E-state index < -0.39 is 0 Å². The van der Waals surface area contributed by atoms with Gasteiger partial charge in [0.1, 0.15) is 24.2 Å². The Kier molecular flexibility index (Phi) is 3.76. The molecule has 2 unspecified atom stereocenters. The molecule has 1 N–H and O–H groups in total. The molecule has 0 fully saturated rings. The number of hydrogen-bond donors (Lipinski definition) is 1. The molecule has 6 rings (SSSR count). The summed E-state index contributed by atoms with van der Waals surface area (Å²) in [4.78, 5) is 5.63. The first-order valence-electron chi connectivity index (χ1n) is 9.25. The number of hydrogen-bond acceptors (Lipinski definition) is 5. The van der Waals surface area contributed by atoms with Crippen LogP contribution in [0.3, 0.4) is 0 Å². The number of benzene rings is 2. The average Bonchev–Trinajstić information content (AvgIpc) is 3.44. The van der Waals surface area contributed by atoms with Gasteiger partial charge in [0.2, 0.25) is 5.95 Å². The molecule has 0 radical (unpaired) electrons. The summed E-state index contributed by atoms with van der Waals surface area (Å²) in [6, 6.07) is 20.0. The van der Waals surface area contributed by atoms with Gasteiger partial charge in [-0.25, -0.2) is 4.68 Å². The Morgan fingerprint density at radius 1 is 1.03 bits per heavy atom. The van der Waals surface area contributed by atoms with Crippen LogP contribution in [-0.4, -0.2) is 14.8 Å². The molecule has 2 aromatic heterocycles. The second kappa shape index (κ2) is 6.47. The minimum atomic E-state index is -0.269. The van der Waals surface area contributed by atoms with Crippen LogP contribution in [0.5, 0.6) is 5.75 Å². The number of fused-ring (bicyclic) bond motifs is 3. The lowest BCUT2D eigenvalue weighted by Gasteiger charge is -2.38. The first-order chi connectivity index (χ1) is 14.3. The van der Waals surface area contributed by atoms with E-state index >= 15 is 0 Å². The largest absolute Gasteiger partial charge is 0.480 e. The van der Waals surface area contributed by atoms with Crippen LogP contribution in [0.2, 0.25) is 5.02 Å². The van der Waals surface area contributed by atoms with Crippen molar-refractivity contribution in [3.05, 3.63) is 99.0 Å². The molecule has 142 valence electrons. The van der Waals surface area contributed by atoms with Gasteiger partial charge in [-0.3, -0.25) is 0 Å². The molecule has 4 heterocycles. The zero-order valence-electron chi connectivity index (χ0n) is 15.1. The first-order valence-corrected chi connectivity index (χ1v) is 10.5. The van der Waals surface area contributed by atoms with Crippen molar-refractivity contribution in [2.45, 2.75) is 12.1 Å². The molecular weight excluding hydrogens is 404 g/mol. The van der Waals surface area contributed by atoms with Crippen molar-refractivity contribution in [3.8, 4) is 5.75 Å². The van der Waals surface area contributed by atoms with Crippen molar-refractivity contribution in [1.82, 2.24) is 14.8 Å². The highest BCUT2D eigenvalue weighted by molar-refractivity contribution is 7.10. The maximum atomic E-state index is 6.55. The van der Waals surface area contributed by atoms with Crippen LogP contribution >= 0.6 is 22.9 Å². The molecule has 0 saturated heterocycles. The van der Waals surface area contributed by atoms with Gasteiger partial charge in [-0.15, -0.1) is 11.3 Å². The zero-order valence-corrected chi connectivity index (χ0v) is 16.7. The predicted molar refractivity (Wildman–Crippen MR) is 114 cm³/mol. The summed E-state index contributed by atoms with van der Waals surface area (Å²) in [5.74, 6) is 1.57. The van der Waals surface area contributed by atoms with Crippen molar-refractivity contribution >= 4 is 34.6 Å². The molecule has 2 atom stereocenters. The Bertz CT molecular complexity index is 1230. The third kappa shape index (κ3) is 2.60. The van der Waals surface area contributed by atoms with Gasteiger partial charge in [0, 0.05) is 21.0 Å². The number of nitrogens with zero attached hydrogens (tertiary/aromatic N) is 3. The molecule has 7 heteroatoms. The van der Waals surface area contributed by atoms with Crippen LogP contribution in [-0.2, 0) is 0 Å². The summed E-state index contributed by atoms with van der Waals surface area (Å²) in [5.41, 5.74) is 4.23. The number of thiophene rings is 1. The van der Waals surface area contributed by atoms with Crippen molar-refractivity contribution in [2.24, 2.45) is 0 Å². The summed E-state index contributed by atoms with van der Waals surface area (Å²) < 4.78 is 8.48. The van der Waals surface area contributed by atoms with E-state index in [0.29, 0.717) is 5.02 Å². The molecule has 0 bridgehead atoms. The van der Waals surface area contributed by atoms with Gasteiger partial charge in [0.15, 0.2) is 0 Å². The lowest BCUT2D eigenvalue weighted by atomic mass is 9.87. The van der Waals surface area contributed by atoms with E-state index in [9.17, 15) is 0 Å². The fraction of sp³-hybridized carbons (Fsp3) is 0.0909. The van der Waals surface area contributed by atoms with Crippen LogP contribution < -0.4 is 10.1 Å². The lowest BCUT2D eigenvalue weighted by molar-refractivity contribution is 0.223. The fourth-order valence-electron chi connectivity index (χ4n) is 4.05. The molecule has 2 aliphatic heterocycles. The number of rotatable bonds is 2. The van der Waals surface area contributed by atoms with Crippen LogP contribution in [0, 0.1) is 0 Å². The highest BCUT2D eigenvalue weighted by Gasteiger charge is 2.41. The number of nitrogens with one attached hydrogen (secondary N) is 1. The monoisotopic (exact) mass is 418 g/mol. The summed E-state index contributed by atoms with van der Waals surface area (Å²) >= 11 is 7.85. The number of halogens is 1. The molecule has 4 aromatic rings. The van der Waals surface area contributed by atoms with Crippen LogP contribution in [0.1, 0.15) is 28.1 Å². The van der Waals surface area contributed by atoms with Gasteiger partial charge < -0.3 is 10.1 Å². The number of anilines is 1. The summed E-state index contributed by atoms with van der Waals surface area (Å²) in [6.07, 6.45) is 1.32. The predicted octanol–water partition coefficient (Wildman–Crippen LogP) is 5.55. The van der Waals surface area contributed by atoms with Gasteiger partial charge in [-0.05, 0) is 41.3 Å². The van der Waals surface area contributed by atoms with Gasteiger partial charge in [-0.2, -0.15) is 10.1 Å². The van der Waals surface area contributed by atoms with Crippen molar-refractivity contribution < 1.29 is 4.74 Å². The first kappa shape index (κ1) is 16.8. The minimum Gasteiger partial charge on any atom is -0.480 e. The topological polar surface area (TPSA) is 52.0 Å². The third-order valence-corrected chi connectivity index (χ3v) is 6.48. The molecule has 0 aliphatic carbocycles. The van der Waals surface area contributed by atoms with E-state index in [4.69, 9.17) is 16.3 Å². The Labute approximate surface area is 176 Å². The van der Waals surface area contributed by atoms with E-state index in [-0.39, 0.29) is 12.1 Å². The molecule has 2 aliphatic rings. The van der Waals surface area contributed by atoms with E-state index in [2.05, 4.69) is 39.0 Å². The quantitative estimate of drug-likeness (QED) is 0.463. The summed E-state index contributed by atoms with van der Waals surface area (Å²) in [5, 5.41) is 10.8. The van der Waals surface area contributed by atoms with Crippen molar-refractivity contribution in [2.75, 3.05) is 5.32 Å². The van der Waals surface area contributed by atoms with Gasteiger partial charge in [0.05, 0.1) is 5.70 Å². The van der Waals surface area contributed by atoms with Crippen LogP contribution in [0.4, 0.5) is 5.95 Å². The highest BCUT2D eigenvalue weighted by atomic mass is 35.5. The molecule has 5 nitrogen and oxygen atoms in total. The lowest BCUT2D eigenvalue weighted by Crippen LogP contribution is -2.32. The van der Waals surface area contributed by atoms with Crippen LogP contribution in [0.15, 0.2) is 77.9 Å². The van der Waals surface area contributed by atoms with E-state index in [0.717, 1.165) is 34.1 Å². The molecule has 2 aromatic carbocycles. The summed E-state index contributed by atoms with van der Waals surface area (Å²) in [6.45, 7) is 0. The van der Waals surface area contributed by atoms with Crippen LogP contribution in [0.25, 0.3) is 5.70 Å². The maximum Gasteiger partial charge on any atom is 0.226 e. The molecule has 0 amide bonds. The molecular formula is C22H15ClN4OS. The maximum absolute atomic E-state index is 6.55. The van der Waals surface area contributed by atoms with Crippen molar-refractivity contribution in [1.29, 1.82) is 0 Å². The Balaban J connectivity index is 1.63. The Morgan fingerprint density at radius 3 is 2.72 bits per heavy atom. The second-order valence-electron chi connectivity index (χ2n) is 6.95. The van der Waals surface area contributed by atoms with E-state index in [1.165, 1.54) is 4.88 Å². The number of ether oxygens (including phenoxy) is 1. The van der Waals surface area contributed by atoms with Crippen molar-refractivity contribution in [3.63, 3.8) is 0 Å². The van der Waals surface area contributed by atoms with Gasteiger partial charge in [0.25, 0.3) is 0 Å². The normalized spacial score (nSPS) is 19.6. The SMILES string of the molecule is Clc1ccc(C2Oc3ccccc3C3=C2C(c2cccs2)n2ncnc2N3)cc1. The molecule has 29 heavy (non-hydrogen) atoms. The van der Waals surface area contributed by atoms with Gasteiger partial charge in [-0.1, -0.05) is 41.9 Å². The molecule has 0 spiro atoms. The fourth-order valence-corrected chi connectivity index (χ4v) is 5.00. The average molecular weight is 419 g/mol. The smallest absolute Gasteiger partial charge is 0.226 e. The van der Waals surface area contributed by atoms with E-state index in [1.54, 1.807) is 17.7 Å². The second-order valence-corrected chi connectivity index (χ2v) is 8.36. The Hall–Kier alpha value is -3.09. The zero-order chi connectivity index (χ0) is 19.4. The van der Waals surface area contributed by atoms with Gasteiger partial charge >= 0.3 is 0 Å². The number of para-hydroxylation sites is 1. The highest BCUT2D eigenvalue weighted by Crippen LogP contribution is 2.51. The third-order valence-electron chi connectivity index (χ3n) is 5.31. The minimum absolute atomic E-state index is 0.0993.